The summed E-state index contributed by atoms with van der Waals surface area (Å²) >= 11 is 0. The zero-order chi connectivity index (χ0) is 9.56. The minimum Gasteiger partial charge on any atom is -0.465 e. The molecule has 0 saturated heterocycles. The van der Waals surface area contributed by atoms with Gasteiger partial charge in [0.2, 0.25) is 0 Å². The maximum atomic E-state index is 10.9. The fourth-order valence-corrected chi connectivity index (χ4v) is 0.712. The molecule has 1 atom stereocenters. The van der Waals surface area contributed by atoms with Crippen molar-refractivity contribution in [3.05, 3.63) is 0 Å². The molecule has 0 radical (unpaired) electrons. The maximum absolute atomic E-state index is 10.9. The van der Waals surface area contributed by atoms with Gasteiger partial charge in [0, 0.05) is 6.42 Å². The molecule has 66 valence electrons. The van der Waals surface area contributed by atoms with E-state index in [4.69, 9.17) is 5.26 Å². The van der Waals surface area contributed by atoms with Crippen molar-refractivity contribution in [2.75, 3.05) is 6.61 Å². The van der Waals surface area contributed by atoms with Crippen molar-refractivity contribution in [1.29, 1.82) is 5.26 Å². The quantitative estimate of drug-likeness (QED) is 0.580. The van der Waals surface area contributed by atoms with Crippen LogP contribution < -0.4 is 0 Å². The summed E-state index contributed by atoms with van der Waals surface area (Å²) in [7, 11) is 0. The Hall–Kier alpha value is -1.37. The van der Waals surface area contributed by atoms with E-state index in [0.29, 0.717) is 0 Å². The highest BCUT2D eigenvalue weighted by Gasteiger charge is 2.20. The highest BCUT2D eigenvalue weighted by molar-refractivity contribution is 5.84. The van der Waals surface area contributed by atoms with Crippen molar-refractivity contribution < 1.29 is 14.3 Å². The van der Waals surface area contributed by atoms with E-state index in [1.807, 2.05) is 0 Å². The van der Waals surface area contributed by atoms with E-state index in [0.717, 1.165) is 0 Å². The summed E-state index contributed by atoms with van der Waals surface area (Å²) in [6.07, 6.45) is -0.0602. The van der Waals surface area contributed by atoms with Crippen LogP contribution in [-0.2, 0) is 14.3 Å². The predicted octanol–water partition coefficient (Wildman–Crippen LogP) is 0.668. The maximum Gasteiger partial charge on any atom is 0.323 e. The number of hydrogen-bond donors (Lipinski definition) is 0. The Labute approximate surface area is 71.1 Å². The number of hydrogen-bond acceptors (Lipinski definition) is 4. The minimum atomic E-state index is -0.942. The predicted molar refractivity (Wildman–Crippen MR) is 41.0 cm³/mol. The third-order valence-electron chi connectivity index (χ3n) is 1.22. The molecule has 0 aliphatic heterocycles. The molecule has 0 fully saturated rings. The van der Waals surface area contributed by atoms with E-state index in [2.05, 4.69) is 4.74 Å². The van der Waals surface area contributed by atoms with Crippen LogP contribution in [0.5, 0.6) is 0 Å². The second kappa shape index (κ2) is 5.30. The van der Waals surface area contributed by atoms with Crippen LogP contribution in [0.15, 0.2) is 0 Å². The standard InChI is InChI=1S/C8H11NO3/c1-3-12-8(11)7(5-9)4-6(2)10/h7H,3-4H2,1-2H3/t7-/m0/s1. The molecule has 0 spiro atoms. The van der Waals surface area contributed by atoms with Crippen molar-refractivity contribution in [2.45, 2.75) is 20.3 Å². The molecule has 0 aliphatic carbocycles. The van der Waals surface area contributed by atoms with Gasteiger partial charge in [-0.15, -0.1) is 0 Å². The molecule has 0 aromatic carbocycles. The molecule has 0 rings (SSSR count). The zero-order valence-corrected chi connectivity index (χ0v) is 7.16. The third kappa shape index (κ3) is 3.71. The van der Waals surface area contributed by atoms with E-state index in [1.54, 1.807) is 13.0 Å². The Morgan fingerprint density at radius 3 is 2.50 bits per heavy atom. The van der Waals surface area contributed by atoms with Gasteiger partial charge in [0.1, 0.15) is 5.78 Å². The fraction of sp³-hybridized carbons (Fsp3) is 0.625. The van der Waals surface area contributed by atoms with Gasteiger partial charge in [-0.1, -0.05) is 0 Å². The van der Waals surface area contributed by atoms with Crippen LogP contribution in [0.3, 0.4) is 0 Å². The van der Waals surface area contributed by atoms with Crippen LogP contribution in [0, 0.1) is 17.2 Å². The molecular weight excluding hydrogens is 158 g/mol. The van der Waals surface area contributed by atoms with Crippen LogP contribution in [0.4, 0.5) is 0 Å². The lowest BCUT2D eigenvalue weighted by molar-refractivity contribution is -0.147. The SMILES string of the molecule is CCOC(=O)[C@H](C#N)CC(C)=O. The van der Waals surface area contributed by atoms with Gasteiger partial charge in [-0.3, -0.25) is 9.59 Å². The van der Waals surface area contributed by atoms with E-state index < -0.39 is 11.9 Å². The second-order valence-electron chi connectivity index (χ2n) is 2.34. The van der Waals surface area contributed by atoms with Crippen LogP contribution in [0.25, 0.3) is 0 Å². The first-order valence-corrected chi connectivity index (χ1v) is 3.67. The lowest BCUT2D eigenvalue weighted by atomic mass is 10.1. The van der Waals surface area contributed by atoms with Gasteiger partial charge >= 0.3 is 5.97 Å². The number of esters is 1. The Morgan fingerprint density at radius 2 is 2.17 bits per heavy atom. The zero-order valence-electron chi connectivity index (χ0n) is 7.16. The monoisotopic (exact) mass is 169 g/mol. The number of carbonyl (C=O) groups excluding carboxylic acids is 2. The summed E-state index contributed by atoms with van der Waals surface area (Å²) in [6, 6.07) is 1.72. The van der Waals surface area contributed by atoms with E-state index >= 15 is 0 Å². The van der Waals surface area contributed by atoms with E-state index in [1.165, 1.54) is 6.92 Å². The third-order valence-corrected chi connectivity index (χ3v) is 1.22. The highest BCUT2D eigenvalue weighted by atomic mass is 16.5. The number of ketones is 1. The molecule has 0 aliphatic rings. The summed E-state index contributed by atoms with van der Waals surface area (Å²) in [5, 5.41) is 8.47. The largest absolute Gasteiger partial charge is 0.465 e. The van der Waals surface area contributed by atoms with Crippen molar-refractivity contribution in [3.63, 3.8) is 0 Å². The molecule has 0 unspecified atom stereocenters. The van der Waals surface area contributed by atoms with Gasteiger partial charge in [-0.2, -0.15) is 5.26 Å². The lowest BCUT2D eigenvalue weighted by Gasteiger charge is -2.04. The summed E-state index contributed by atoms with van der Waals surface area (Å²) in [5.74, 6) is -1.74. The van der Waals surface area contributed by atoms with Gasteiger partial charge < -0.3 is 4.74 Å². The molecule has 0 N–H and O–H groups in total. The summed E-state index contributed by atoms with van der Waals surface area (Å²) in [6.45, 7) is 3.22. The smallest absolute Gasteiger partial charge is 0.323 e. The normalized spacial score (nSPS) is 11.4. The number of nitriles is 1. The number of Topliss-reactive ketones (excluding diaryl/α,β-unsaturated/α-hetero) is 1. The van der Waals surface area contributed by atoms with Crippen LogP contribution >= 0.6 is 0 Å². The molecule has 0 heterocycles. The Balaban J connectivity index is 4.08. The minimum absolute atomic E-state index is 0.0602. The highest BCUT2D eigenvalue weighted by Crippen LogP contribution is 2.04. The molecule has 12 heavy (non-hydrogen) atoms. The molecule has 0 amide bonds. The summed E-state index contributed by atoms with van der Waals surface area (Å²) in [5.41, 5.74) is 0. The molecule has 0 aromatic rings. The van der Waals surface area contributed by atoms with Crippen LogP contribution in [0.2, 0.25) is 0 Å². The van der Waals surface area contributed by atoms with Crippen LogP contribution in [-0.4, -0.2) is 18.4 Å². The van der Waals surface area contributed by atoms with E-state index in [-0.39, 0.29) is 18.8 Å². The van der Waals surface area contributed by atoms with Gasteiger partial charge in [0.25, 0.3) is 0 Å². The van der Waals surface area contributed by atoms with Gasteiger partial charge in [0.15, 0.2) is 5.92 Å². The van der Waals surface area contributed by atoms with E-state index in [9.17, 15) is 9.59 Å². The molecule has 4 nitrogen and oxygen atoms in total. The number of ether oxygens (including phenoxy) is 1. The van der Waals surface area contributed by atoms with Gasteiger partial charge in [-0.05, 0) is 13.8 Å². The second-order valence-corrected chi connectivity index (χ2v) is 2.34. The Morgan fingerprint density at radius 1 is 1.58 bits per heavy atom. The Kier molecular flexibility index (Phi) is 4.70. The topological polar surface area (TPSA) is 67.2 Å². The van der Waals surface area contributed by atoms with Crippen LogP contribution in [0.1, 0.15) is 20.3 Å². The number of rotatable bonds is 4. The molecule has 0 saturated carbocycles. The van der Waals surface area contributed by atoms with Crippen molar-refractivity contribution in [3.8, 4) is 6.07 Å². The van der Waals surface area contributed by atoms with Gasteiger partial charge in [-0.25, -0.2) is 0 Å². The molecular formula is C8H11NO3. The first kappa shape index (κ1) is 10.6. The molecule has 0 aromatic heterocycles. The van der Waals surface area contributed by atoms with Crippen molar-refractivity contribution in [2.24, 2.45) is 5.92 Å². The molecule has 4 heteroatoms. The van der Waals surface area contributed by atoms with Crippen molar-refractivity contribution in [1.82, 2.24) is 0 Å². The Bertz CT molecular complexity index is 217. The van der Waals surface area contributed by atoms with Crippen molar-refractivity contribution >= 4 is 11.8 Å². The fourth-order valence-electron chi connectivity index (χ4n) is 0.712. The average molecular weight is 169 g/mol. The number of nitrogens with zero attached hydrogens (tertiary/aromatic N) is 1. The summed E-state index contributed by atoms with van der Waals surface area (Å²) in [4.78, 5) is 21.5. The first-order chi connectivity index (χ1) is 5.61. The summed E-state index contributed by atoms with van der Waals surface area (Å²) < 4.78 is 4.58. The number of carbonyl (C=O) groups is 2. The average Bonchev–Trinajstić information content (AvgIpc) is 2.00. The van der Waals surface area contributed by atoms with Gasteiger partial charge in [0.05, 0.1) is 12.7 Å². The lowest BCUT2D eigenvalue weighted by Crippen LogP contribution is -2.18. The first-order valence-electron chi connectivity index (χ1n) is 3.67. The molecule has 0 bridgehead atoms.